The summed E-state index contributed by atoms with van der Waals surface area (Å²) in [6.07, 6.45) is -1.54. The number of carbonyl (C=O) groups is 2. The Bertz CT molecular complexity index is 857. The lowest BCUT2D eigenvalue weighted by atomic mass is 10.5. The Hall–Kier alpha value is -2.91. The van der Waals surface area contributed by atoms with Crippen molar-refractivity contribution in [1.82, 2.24) is 14.1 Å². The van der Waals surface area contributed by atoms with Gasteiger partial charge in [0.05, 0.1) is 0 Å². The summed E-state index contributed by atoms with van der Waals surface area (Å²) < 4.78 is 16.7. The first-order chi connectivity index (χ1) is 10.2. The summed E-state index contributed by atoms with van der Waals surface area (Å²) in [6, 6.07) is 0. The summed E-state index contributed by atoms with van der Waals surface area (Å²) in [7, 11) is 2.67. The lowest BCUT2D eigenvalue weighted by Crippen LogP contribution is -2.36. The van der Waals surface area contributed by atoms with Crippen LogP contribution < -0.4 is 11.2 Å². The highest BCUT2D eigenvalue weighted by Crippen LogP contribution is 2.21. The van der Waals surface area contributed by atoms with Gasteiger partial charge in [0.1, 0.15) is 0 Å². The zero-order chi connectivity index (χ0) is 16.6. The van der Waals surface area contributed by atoms with Gasteiger partial charge < -0.3 is 13.9 Å². The third kappa shape index (κ3) is 2.62. The minimum absolute atomic E-state index is 0.118. The van der Waals surface area contributed by atoms with Crippen LogP contribution >= 0.6 is 0 Å². The first kappa shape index (κ1) is 15.5. The summed E-state index contributed by atoms with van der Waals surface area (Å²) in [4.78, 5) is 49.8. The van der Waals surface area contributed by atoms with E-state index in [0.29, 0.717) is 0 Å². The molecule has 0 spiro atoms. The molecule has 0 radical (unpaired) electrons. The highest BCUT2D eigenvalue weighted by molar-refractivity contribution is 5.69. The Kier molecular flexibility index (Phi) is 3.85. The molecule has 0 aliphatic carbocycles. The topological polar surface area (TPSA) is 123 Å². The minimum Gasteiger partial charge on any atom is -0.416 e. The normalized spacial score (nSPS) is 11.0. The molecule has 0 aliphatic rings. The maximum absolute atomic E-state index is 12.0. The Morgan fingerprint density at radius 2 is 1.64 bits per heavy atom. The fraction of sp³-hybridized carbons (Fsp3) is 0.417. The first-order valence-electron chi connectivity index (χ1n) is 6.13. The fourth-order valence-corrected chi connectivity index (χ4v) is 1.78. The molecule has 118 valence electrons. The number of aryl methyl sites for hydroxylation is 1. The standard InChI is InChI=1S/C12H13N3O7/c1-5(16)20-11(21-6(2)17)8-13-7-9(18)14(3)12(19)15(4)10(7)22-8/h11H,1-4H3. The van der Waals surface area contributed by atoms with E-state index in [1.807, 2.05) is 0 Å². The fourth-order valence-electron chi connectivity index (χ4n) is 1.78. The first-order valence-corrected chi connectivity index (χ1v) is 6.13. The van der Waals surface area contributed by atoms with Crippen molar-refractivity contribution in [3.63, 3.8) is 0 Å². The van der Waals surface area contributed by atoms with E-state index in [4.69, 9.17) is 13.9 Å². The zero-order valence-electron chi connectivity index (χ0n) is 12.3. The van der Waals surface area contributed by atoms with Crippen LogP contribution in [-0.2, 0) is 33.2 Å². The van der Waals surface area contributed by atoms with Gasteiger partial charge in [0.25, 0.3) is 11.4 Å². The molecule has 10 nitrogen and oxygen atoms in total. The number of oxazole rings is 1. The highest BCUT2D eigenvalue weighted by Gasteiger charge is 2.26. The van der Waals surface area contributed by atoms with Crippen molar-refractivity contribution in [2.45, 2.75) is 20.1 Å². The van der Waals surface area contributed by atoms with Gasteiger partial charge >= 0.3 is 23.9 Å². The van der Waals surface area contributed by atoms with Gasteiger partial charge in [-0.05, 0) is 0 Å². The van der Waals surface area contributed by atoms with Crippen LogP contribution in [0.5, 0.6) is 0 Å². The predicted octanol–water partition coefficient (Wildman–Crippen LogP) is -0.650. The Morgan fingerprint density at radius 1 is 1.09 bits per heavy atom. The lowest BCUT2D eigenvalue weighted by Gasteiger charge is -2.12. The van der Waals surface area contributed by atoms with Crippen LogP contribution in [0.15, 0.2) is 14.0 Å². The summed E-state index contributed by atoms with van der Waals surface area (Å²) >= 11 is 0. The van der Waals surface area contributed by atoms with Crippen LogP contribution in [0.3, 0.4) is 0 Å². The molecule has 0 fully saturated rings. The number of hydrogen-bond acceptors (Lipinski definition) is 8. The minimum atomic E-state index is -1.54. The molecular formula is C12H13N3O7. The highest BCUT2D eigenvalue weighted by atomic mass is 16.7. The summed E-state index contributed by atoms with van der Waals surface area (Å²) in [6.45, 7) is 2.21. The Balaban J connectivity index is 2.65. The molecule has 2 aromatic heterocycles. The summed E-state index contributed by atoms with van der Waals surface area (Å²) in [5, 5.41) is 0. The SMILES string of the molecule is CC(=O)OC(OC(C)=O)c1nc2c(=O)n(C)c(=O)n(C)c2o1. The quantitative estimate of drug-likeness (QED) is 0.541. The molecule has 2 aromatic rings. The van der Waals surface area contributed by atoms with E-state index in [0.717, 1.165) is 23.0 Å². The molecule has 2 rings (SSSR count). The average Bonchev–Trinajstić information content (AvgIpc) is 2.86. The number of hydrogen-bond donors (Lipinski definition) is 0. The molecule has 0 aliphatic heterocycles. The number of carbonyl (C=O) groups excluding carboxylic acids is 2. The molecule has 2 heterocycles. The van der Waals surface area contributed by atoms with Crippen LogP contribution in [0.2, 0.25) is 0 Å². The molecule has 22 heavy (non-hydrogen) atoms. The van der Waals surface area contributed by atoms with Crippen LogP contribution in [0.4, 0.5) is 0 Å². The van der Waals surface area contributed by atoms with Gasteiger partial charge in [-0.15, -0.1) is 0 Å². The van der Waals surface area contributed by atoms with Gasteiger partial charge in [-0.1, -0.05) is 0 Å². The molecule has 0 bridgehead atoms. The lowest BCUT2D eigenvalue weighted by molar-refractivity contribution is -0.190. The van der Waals surface area contributed by atoms with Crippen molar-refractivity contribution in [2.75, 3.05) is 0 Å². The van der Waals surface area contributed by atoms with Crippen molar-refractivity contribution in [3.05, 3.63) is 26.7 Å². The predicted molar refractivity (Wildman–Crippen MR) is 70.8 cm³/mol. The van der Waals surface area contributed by atoms with Crippen LogP contribution in [0, 0.1) is 0 Å². The molecule has 10 heteroatoms. The monoisotopic (exact) mass is 311 g/mol. The van der Waals surface area contributed by atoms with E-state index in [-0.39, 0.29) is 17.1 Å². The van der Waals surface area contributed by atoms with Crippen molar-refractivity contribution in [3.8, 4) is 0 Å². The maximum Gasteiger partial charge on any atom is 0.333 e. The van der Waals surface area contributed by atoms with Crippen molar-refractivity contribution in [1.29, 1.82) is 0 Å². The maximum atomic E-state index is 12.0. The number of esters is 2. The van der Waals surface area contributed by atoms with Gasteiger partial charge in [0.15, 0.2) is 5.52 Å². The molecule has 0 unspecified atom stereocenters. The molecule has 0 N–H and O–H groups in total. The zero-order valence-corrected chi connectivity index (χ0v) is 12.3. The van der Waals surface area contributed by atoms with Gasteiger partial charge in [-0.2, -0.15) is 4.98 Å². The van der Waals surface area contributed by atoms with Crippen LogP contribution in [0.25, 0.3) is 11.2 Å². The van der Waals surface area contributed by atoms with E-state index >= 15 is 0 Å². The van der Waals surface area contributed by atoms with Gasteiger partial charge in [-0.25, -0.2) is 4.79 Å². The van der Waals surface area contributed by atoms with E-state index in [1.165, 1.54) is 14.1 Å². The average molecular weight is 311 g/mol. The van der Waals surface area contributed by atoms with Crippen molar-refractivity contribution in [2.24, 2.45) is 14.1 Å². The Morgan fingerprint density at radius 3 is 2.14 bits per heavy atom. The van der Waals surface area contributed by atoms with Crippen molar-refractivity contribution < 1.29 is 23.5 Å². The van der Waals surface area contributed by atoms with E-state index in [2.05, 4.69) is 4.98 Å². The summed E-state index contributed by atoms with van der Waals surface area (Å²) in [5.41, 5.74) is -1.56. The van der Waals surface area contributed by atoms with Crippen LogP contribution in [-0.4, -0.2) is 26.1 Å². The number of ether oxygens (including phenoxy) is 2. The van der Waals surface area contributed by atoms with E-state index in [9.17, 15) is 19.2 Å². The Labute approximate surface area is 122 Å². The number of nitrogens with zero attached hydrogens (tertiary/aromatic N) is 3. The largest absolute Gasteiger partial charge is 0.416 e. The third-order valence-corrected chi connectivity index (χ3v) is 2.76. The third-order valence-electron chi connectivity index (χ3n) is 2.76. The van der Waals surface area contributed by atoms with Crippen LogP contribution in [0.1, 0.15) is 26.0 Å². The number of fused-ring (bicyclic) bond motifs is 1. The second-order valence-corrected chi connectivity index (χ2v) is 4.46. The van der Waals surface area contributed by atoms with Gasteiger partial charge in [0.2, 0.25) is 5.71 Å². The van der Waals surface area contributed by atoms with E-state index in [1.54, 1.807) is 0 Å². The second kappa shape index (κ2) is 5.47. The van der Waals surface area contributed by atoms with Gasteiger partial charge in [-0.3, -0.25) is 23.5 Å². The smallest absolute Gasteiger partial charge is 0.333 e. The molecule has 0 saturated heterocycles. The molecule has 0 atom stereocenters. The number of rotatable bonds is 3. The number of aromatic nitrogens is 3. The molecule has 0 saturated carbocycles. The van der Waals surface area contributed by atoms with Gasteiger partial charge in [0, 0.05) is 27.9 Å². The molecule has 0 aromatic carbocycles. The van der Waals surface area contributed by atoms with Crippen molar-refractivity contribution >= 4 is 23.2 Å². The molecule has 0 amide bonds. The second-order valence-electron chi connectivity index (χ2n) is 4.46. The summed E-state index contributed by atoms with van der Waals surface area (Å²) in [5.74, 6) is -1.80. The van der Waals surface area contributed by atoms with E-state index < -0.39 is 29.5 Å². The molecular weight excluding hydrogens is 298 g/mol.